The fourth-order valence-corrected chi connectivity index (χ4v) is 3.08. The summed E-state index contributed by atoms with van der Waals surface area (Å²) in [5, 5.41) is 2.76. The Balaban J connectivity index is 1.81. The van der Waals surface area contributed by atoms with Crippen LogP contribution in [0, 0.1) is 0 Å². The van der Waals surface area contributed by atoms with Crippen LogP contribution >= 0.6 is 0 Å². The van der Waals surface area contributed by atoms with Gasteiger partial charge in [0.1, 0.15) is 16.9 Å². The minimum absolute atomic E-state index is 0.0791. The number of H-pyrrole nitrogens is 1. The van der Waals surface area contributed by atoms with E-state index >= 15 is 0 Å². The molecule has 0 bridgehead atoms. The van der Waals surface area contributed by atoms with Gasteiger partial charge in [0.05, 0.1) is 23.2 Å². The Morgan fingerprint density at radius 1 is 1.12 bits per heavy atom. The molecular formula is C23H17N3O7. The summed E-state index contributed by atoms with van der Waals surface area (Å²) in [6, 6.07) is 11.9. The fraction of sp³-hybridized carbons (Fsp3) is 0.0870. The Kier molecular flexibility index (Phi) is 5.98. The number of hydrogen-bond donors (Lipinski definition) is 2. The van der Waals surface area contributed by atoms with Crippen molar-refractivity contribution in [3.63, 3.8) is 0 Å². The zero-order chi connectivity index (χ0) is 23.4. The Morgan fingerprint density at radius 3 is 2.70 bits per heavy atom. The first-order chi connectivity index (χ1) is 16.0. The molecule has 10 nitrogen and oxygen atoms in total. The second-order valence-electron chi connectivity index (χ2n) is 6.70. The summed E-state index contributed by atoms with van der Waals surface area (Å²) in [6.45, 7) is 1.69. The molecule has 0 aliphatic rings. The van der Waals surface area contributed by atoms with Crippen molar-refractivity contribution < 1.29 is 23.5 Å². The van der Waals surface area contributed by atoms with Gasteiger partial charge in [0.25, 0.3) is 5.56 Å². The van der Waals surface area contributed by atoms with Crippen molar-refractivity contribution in [2.75, 3.05) is 11.9 Å². The second kappa shape index (κ2) is 9.18. The molecule has 4 aromatic rings. The number of rotatable bonds is 5. The maximum absolute atomic E-state index is 13.0. The lowest BCUT2D eigenvalue weighted by Gasteiger charge is -2.12. The lowest BCUT2D eigenvalue weighted by Crippen LogP contribution is -2.20. The molecule has 0 unspecified atom stereocenters. The normalized spacial score (nSPS) is 10.6. The molecule has 3 heterocycles. The SMILES string of the molecule is CCOC(=O)Nc1cc(OC(=O)c2cccnc2)[nH]c(=O)c1-c1cc(=O)c2ccccc2o1. The number of nitrogens with zero attached hydrogens (tertiary/aromatic N) is 1. The monoisotopic (exact) mass is 447 g/mol. The van der Waals surface area contributed by atoms with Crippen LogP contribution in [0.4, 0.5) is 10.5 Å². The van der Waals surface area contributed by atoms with Gasteiger partial charge in [-0.25, -0.2) is 9.59 Å². The van der Waals surface area contributed by atoms with Crippen molar-refractivity contribution >= 4 is 28.7 Å². The number of aromatic amines is 1. The molecule has 4 rings (SSSR count). The third kappa shape index (κ3) is 4.64. The van der Waals surface area contributed by atoms with Gasteiger partial charge in [0.15, 0.2) is 5.43 Å². The van der Waals surface area contributed by atoms with E-state index in [1.54, 1.807) is 37.3 Å². The first kappa shape index (κ1) is 21.5. The van der Waals surface area contributed by atoms with Gasteiger partial charge in [-0.3, -0.25) is 24.9 Å². The van der Waals surface area contributed by atoms with Crippen LogP contribution in [0.1, 0.15) is 17.3 Å². The largest absolute Gasteiger partial charge is 0.456 e. The predicted molar refractivity (Wildman–Crippen MR) is 118 cm³/mol. The minimum atomic E-state index is -0.850. The van der Waals surface area contributed by atoms with Crippen LogP contribution < -0.4 is 21.0 Å². The van der Waals surface area contributed by atoms with Gasteiger partial charge in [-0.15, -0.1) is 0 Å². The van der Waals surface area contributed by atoms with Crippen LogP contribution in [-0.4, -0.2) is 28.6 Å². The number of aromatic nitrogens is 2. The topological polar surface area (TPSA) is 141 Å². The van der Waals surface area contributed by atoms with Crippen LogP contribution in [0.2, 0.25) is 0 Å². The molecule has 33 heavy (non-hydrogen) atoms. The maximum atomic E-state index is 13.0. The maximum Gasteiger partial charge on any atom is 0.411 e. The van der Waals surface area contributed by atoms with E-state index in [1.165, 1.54) is 24.5 Å². The third-order valence-electron chi connectivity index (χ3n) is 4.50. The lowest BCUT2D eigenvalue weighted by atomic mass is 10.1. The van der Waals surface area contributed by atoms with Gasteiger partial charge in [-0.1, -0.05) is 12.1 Å². The average Bonchev–Trinajstić information content (AvgIpc) is 2.79. The van der Waals surface area contributed by atoms with E-state index in [1.807, 2.05) is 0 Å². The highest BCUT2D eigenvalue weighted by Gasteiger charge is 2.20. The van der Waals surface area contributed by atoms with Crippen molar-refractivity contribution in [2.45, 2.75) is 6.92 Å². The number of anilines is 1. The Bertz CT molecular complexity index is 1460. The fourth-order valence-electron chi connectivity index (χ4n) is 3.08. The van der Waals surface area contributed by atoms with Gasteiger partial charge < -0.3 is 13.9 Å². The van der Waals surface area contributed by atoms with E-state index in [9.17, 15) is 19.2 Å². The van der Waals surface area contributed by atoms with E-state index in [0.717, 1.165) is 6.07 Å². The Labute approximate surface area is 185 Å². The molecule has 10 heteroatoms. The first-order valence-electron chi connectivity index (χ1n) is 9.83. The molecule has 0 spiro atoms. The lowest BCUT2D eigenvalue weighted by molar-refractivity contribution is 0.0727. The van der Waals surface area contributed by atoms with Crippen molar-refractivity contribution in [3.05, 3.63) is 87.1 Å². The van der Waals surface area contributed by atoms with Crippen LogP contribution in [0.3, 0.4) is 0 Å². The molecule has 166 valence electrons. The highest BCUT2D eigenvalue weighted by Crippen LogP contribution is 2.28. The molecule has 0 saturated carbocycles. The number of carbonyl (C=O) groups is 2. The molecule has 0 aliphatic carbocycles. The van der Waals surface area contributed by atoms with Crippen molar-refractivity contribution in [2.24, 2.45) is 0 Å². The standard InChI is InChI=1S/C23H17N3O7/c1-2-31-23(30)25-15-10-19(33-22(29)13-6-5-9-24-12-13)26-21(28)20(15)18-11-16(27)14-7-3-4-8-17(14)32-18/h3-12H,2H2,1H3,(H2,25,26,28,30). The van der Waals surface area contributed by atoms with Crippen molar-refractivity contribution in [1.82, 2.24) is 9.97 Å². The number of nitrogens with one attached hydrogen (secondary N) is 2. The summed E-state index contributed by atoms with van der Waals surface area (Å²) < 4.78 is 15.9. The molecule has 0 aliphatic heterocycles. The highest BCUT2D eigenvalue weighted by molar-refractivity contribution is 5.93. The summed E-state index contributed by atoms with van der Waals surface area (Å²) in [5.41, 5.74) is -0.953. The quantitative estimate of drug-likeness (QED) is 0.444. The van der Waals surface area contributed by atoms with Crippen LogP contribution in [-0.2, 0) is 4.74 Å². The predicted octanol–water partition coefficient (Wildman–Crippen LogP) is 3.33. The van der Waals surface area contributed by atoms with Gasteiger partial charge in [-0.2, -0.15) is 0 Å². The number of hydrogen-bond acceptors (Lipinski definition) is 8. The summed E-state index contributed by atoms with van der Waals surface area (Å²) in [5.74, 6) is -1.10. The van der Waals surface area contributed by atoms with Gasteiger partial charge in [-0.05, 0) is 31.2 Å². The van der Waals surface area contributed by atoms with Crippen molar-refractivity contribution in [1.29, 1.82) is 0 Å². The van der Waals surface area contributed by atoms with E-state index in [4.69, 9.17) is 13.9 Å². The summed E-state index contributed by atoms with van der Waals surface area (Å²) >= 11 is 0. The zero-order valence-electron chi connectivity index (χ0n) is 17.3. The number of amides is 1. The van der Waals surface area contributed by atoms with Crippen molar-refractivity contribution in [3.8, 4) is 17.2 Å². The molecule has 2 N–H and O–H groups in total. The second-order valence-corrected chi connectivity index (χ2v) is 6.70. The zero-order valence-corrected chi connectivity index (χ0v) is 17.3. The van der Waals surface area contributed by atoms with E-state index in [0.29, 0.717) is 5.39 Å². The van der Waals surface area contributed by atoms with Crippen LogP contribution in [0.5, 0.6) is 5.88 Å². The highest BCUT2D eigenvalue weighted by atomic mass is 16.5. The van der Waals surface area contributed by atoms with E-state index < -0.39 is 17.6 Å². The molecule has 3 aromatic heterocycles. The van der Waals surface area contributed by atoms with E-state index in [2.05, 4.69) is 15.3 Å². The number of para-hydroxylation sites is 1. The molecule has 0 saturated heterocycles. The molecular weight excluding hydrogens is 430 g/mol. The van der Waals surface area contributed by atoms with Gasteiger partial charge in [0.2, 0.25) is 5.88 Å². The Hall–Kier alpha value is -4.73. The molecule has 1 aromatic carbocycles. The molecule has 0 fully saturated rings. The number of fused-ring (bicyclic) bond motifs is 1. The summed E-state index contributed by atoms with van der Waals surface area (Å²) in [4.78, 5) is 56.2. The van der Waals surface area contributed by atoms with Gasteiger partial charge in [0, 0.05) is 24.5 Å². The number of esters is 1. The molecule has 0 atom stereocenters. The number of ether oxygens (including phenoxy) is 2. The first-order valence-corrected chi connectivity index (χ1v) is 9.83. The van der Waals surface area contributed by atoms with Crippen LogP contribution in [0.25, 0.3) is 22.3 Å². The average molecular weight is 447 g/mol. The number of benzene rings is 1. The minimum Gasteiger partial charge on any atom is -0.456 e. The van der Waals surface area contributed by atoms with Gasteiger partial charge >= 0.3 is 12.1 Å². The molecule has 1 amide bonds. The molecule has 0 radical (unpaired) electrons. The number of pyridine rings is 2. The summed E-state index contributed by atoms with van der Waals surface area (Å²) in [6.07, 6.45) is 1.94. The Morgan fingerprint density at radius 2 is 1.94 bits per heavy atom. The smallest absolute Gasteiger partial charge is 0.411 e. The summed E-state index contributed by atoms with van der Waals surface area (Å²) in [7, 11) is 0. The van der Waals surface area contributed by atoms with E-state index in [-0.39, 0.29) is 46.1 Å². The third-order valence-corrected chi connectivity index (χ3v) is 4.50. The number of carbonyl (C=O) groups excluding carboxylic acids is 2. The van der Waals surface area contributed by atoms with Crippen LogP contribution in [0.15, 0.2) is 74.9 Å².